The van der Waals surface area contributed by atoms with Crippen LogP contribution in [-0.4, -0.2) is 42.3 Å². The first-order valence-electron chi connectivity index (χ1n) is 7.87. The van der Waals surface area contributed by atoms with Crippen molar-refractivity contribution in [2.24, 2.45) is 0 Å². The third-order valence-electron chi connectivity index (χ3n) is 3.72. The molecule has 1 N–H and O–H groups in total. The van der Waals surface area contributed by atoms with Crippen LogP contribution in [0.25, 0.3) is 0 Å². The zero-order valence-corrected chi connectivity index (χ0v) is 14.5. The molecular formula is C17H18ClN3O4. The van der Waals surface area contributed by atoms with Gasteiger partial charge in [0.2, 0.25) is 11.8 Å². The number of rotatable bonds is 5. The third kappa shape index (κ3) is 4.58. The van der Waals surface area contributed by atoms with Gasteiger partial charge < -0.3 is 19.5 Å². The summed E-state index contributed by atoms with van der Waals surface area (Å²) in [4.78, 5) is 20.5. The minimum absolute atomic E-state index is 0.0313. The molecule has 1 aliphatic rings. The second-order valence-corrected chi connectivity index (χ2v) is 5.89. The van der Waals surface area contributed by atoms with Crippen molar-refractivity contribution in [3.63, 3.8) is 0 Å². The van der Waals surface area contributed by atoms with Crippen molar-refractivity contribution < 1.29 is 19.0 Å². The molecule has 3 rings (SSSR count). The van der Waals surface area contributed by atoms with E-state index in [1.54, 1.807) is 12.1 Å². The standard InChI is InChI=1S/C17H18ClN3O4/c1-23-15-3-2-12(10-19-15)21-16(22)11-8-14(18)17(20-9-11)25-13-4-6-24-7-5-13/h2-3,8-10,13H,4-7H2,1H3,(H,21,22). The highest BCUT2D eigenvalue weighted by Gasteiger charge is 2.18. The minimum atomic E-state index is -0.334. The summed E-state index contributed by atoms with van der Waals surface area (Å²) in [5.41, 5.74) is 0.879. The normalized spacial score (nSPS) is 14.8. The quantitative estimate of drug-likeness (QED) is 0.879. The summed E-state index contributed by atoms with van der Waals surface area (Å²) in [6.45, 7) is 1.33. The summed E-state index contributed by atoms with van der Waals surface area (Å²) in [5, 5.41) is 3.02. The average molecular weight is 364 g/mol. The fraction of sp³-hybridized carbons (Fsp3) is 0.353. The lowest BCUT2D eigenvalue weighted by atomic mass is 10.1. The Labute approximate surface area is 150 Å². The summed E-state index contributed by atoms with van der Waals surface area (Å²) in [5.74, 6) is 0.465. The highest BCUT2D eigenvalue weighted by atomic mass is 35.5. The fourth-order valence-electron chi connectivity index (χ4n) is 2.37. The van der Waals surface area contributed by atoms with E-state index in [4.69, 9.17) is 25.8 Å². The van der Waals surface area contributed by atoms with Crippen LogP contribution in [-0.2, 0) is 4.74 Å². The zero-order valence-electron chi connectivity index (χ0n) is 13.7. The number of halogens is 1. The van der Waals surface area contributed by atoms with Gasteiger partial charge in [-0.25, -0.2) is 9.97 Å². The van der Waals surface area contributed by atoms with Crippen LogP contribution in [0.15, 0.2) is 30.6 Å². The number of nitrogens with zero attached hydrogens (tertiary/aromatic N) is 2. The Hall–Kier alpha value is -2.38. The molecule has 0 aliphatic carbocycles. The van der Waals surface area contributed by atoms with Crippen molar-refractivity contribution in [1.82, 2.24) is 9.97 Å². The molecule has 1 amide bonds. The molecule has 0 bridgehead atoms. The van der Waals surface area contributed by atoms with Gasteiger partial charge in [0.05, 0.1) is 37.8 Å². The number of carbonyl (C=O) groups is 1. The molecule has 0 atom stereocenters. The van der Waals surface area contributed by atoms with Gasteiger partial charge in [0.1, 0.15) is 11.1 Å². The van der Waals surface area contributed by atoms with Crippen molar-refractivity contribution in [3.05, 3.63) is 41.2 Å². The van der Waals surface area contributed by atoms with E-state index in [9.17, 15) is 4.79 Å². The van der Waals surface area contributed by atoms with Gasteiger partial charge in [-0.15, -0.1) is 0 Å². The van der Waals surface area contributed by atoms with Crippen LogP contribution in [0.3, 0.4) is 0 Å². The predicted molar refractivity (Wildman–Crippen MR) is 92.5 cm³/mol. The molecule has 7 nitrogen and oxygen atoms in total. The molecule has 1 saturated heterocycles. The molecule has 0 saturated carbocycles. The summed E-state index contributed by atoms with van der Waals surface area (Å²) in [6.07, 6.45) is 4.57. The van der Waals surface area contributed by atoms with Gasteiger partial charge in [0, 0.05) is 25.1 Å². The highest BCUT2D eigenvalue weighted by molar-refractivity contribution is 6.32. The number of nitrogens with one attached hydrogen (secondary N) is 1. The summed E-state index contributed by atoms with van der Waals surface area (Å²) < 4.78 is 16.1. The van der Waals surface area contributed by atoms with Crippen molar-refractivity contribution in [1.29, 1.82) is 0 Å². The number of aromatic nitrogens is 2. The van der Waals surface area contributed by atoms with Crippen molar-refractivity contribution in [3.8, 4) is 11.8 Å². The molecule has 1 aliphatic heterocycles. The van der Waals surface area contributed by atoms with Crippen molar-refractivity contribution in [2.45, 2.75) is 18.9 Å². The maximum absolute atomic E-state index is 12.3. The molecule has 8 heteroatoms. The van der Waals surface area contributed by atoms with E-state index in [1.807, 2.05) is 0 Å². The van der Waals surface area contributed by atoms with Crippen LogP contribution in [0.5, 0.6) is 11.8 Å². The van der Waals surface area contributed by atoms with E-state index in [-0.39, 0.29) is 12.0 Å². The SMILES string of the molecule is COc1ccc(NC(=O)c2cnc(OC3CCOCC3)c(Cl)c2)cn1. The molecule has 3 heterocycles. The van der Waals surface area contributed by atoms with Gasteiger partial charge >= 0.3 is 0 Å². The Bertz CT molecular complexity index is 733. The Morgan fingerprint density at radius 3 is 2.72 bits per heavy atom. The number of pyridine rings is 2. The topological polar surface area (TPSA) is 82.6 Å². The van der Waals surface area contributed by atoms with Gasteiger partial charge in [-0.3, -0.25) is 4.79 Å². The second kappa shape index (κ2) is 8.13. The van der Waals surface area contributed by atoms with Crippen LogP contribution in [0.2, 0.25) is 5.02 Å². The smallest absolute Gasteiger partial charge is 0.257 e. The average Bonchev–Trinajstić information content (AvgIpc) is 2.65. The lowest BCUT2D eigenvalue weighted by Gasteiger charge is -2.23. The monoisotopic (exact) mass is 363 g/mol. The molecular weight excluding hydrogens is 346 g/mol. The van der Waals surface area contributed by atoms with Crippen LogP contribution >= 0.6 is 11.6 Å². The molecule has 0 spiro atoms. The Morgan fingerprint density at radius 1 is 1.28 bits per heavy atom. The molecule has 132 valence electrons. The van der Waals surface area contributed by atoms with E-state index in [2.05, 4.69) is 15.3 Å². The van der Waals surface area contributed by atoms with E-state index in [1.165, 1.54) is 25.6 Å². The Kier molecular flexibility index (Phi) is 5.67. The van der Waals surface area contributed by atoms with Crippen molar-refractivity contribution >= 4 is 23.2 Å². The molecule has 1 fully saturated rings. The van der Waals surface area contributed by atoms with Gasteiger partial charge in [0.15, 0.2) is 0 Å². The molecule has 0 aromatic carbocycles. The van der Waals surface area contributed by atoms with Crippen LogP contribution in [0, 0.1) is 0 Å². The number of methoxy groups -OCH3 is 1. The zero-order chi connectivity index (χ0) is 17.6. The Balaban J connectivity index is 1.65. The highest BCUT2D eigenvalue weighted by Crippen LogP contribution is 2.26. The molecule has 2 aromatic heterocycles. The van der Waals surface area contributed by atoms with Gasteiger partial charge in [-0.1, -0.05) is 11.6 Å². The largest absolute Gasteiger partial charge is 0.481 e. The van der Waals surface area contributed by atoms with E-state index >= 15 is 0 Å². The van der Waals surface area contributed by atoms with E-state index in [0.29, 0.717) is 41.2 Å². The van der Waals surface area contributed by atoms with Crippen LogP contribution in [0.4, 0.5) is 5.69 Å². The number of amides is 1. The van der Waals surface area contributed by atoms with Gasteiger partial charge in [-0.2, -0.15) is 0 Å². The summed E-state index contributed by atoms with van der Waals surface area (Å²) in [7, 11) is 1.53. The van der Waals surface area contributed by atoms with Crippen LogP contribution < -0.4 is 14.8 Å². The maximum atomic E-state index is 12.3. The first kappa shape index (κ1) is 17.4. The number of hydrogen-bond acceptors (Lipinski definition) is 6. The first-order valence-corrected chi connectivity index (χ1v) is 8.25. The predicted octanol–water partition coefficient (Wildman–Crippen LogP) is 2.95. The van der Waals surface area contributed by atoms with Crippen molar-refractivity contribution in [2.75, 3.05) is 25.6 Å². The summed E-state index contributed by atoms with van der Waals surface area (Å²) in [6, 6.07) is 4.89. The maximum Gasteiger partial charge on any atom is 0.257 e. The molecule has 25 heavy (non-hydrogen) atoms. The van der Waals surface area contributed by atoms with E-state index in [0.717, 1.165) is 12.8 Å². The fourth-order valence-corrected chi connectivity index (χ4v) is 2.58. The lowest BCUT2D eigenvalue weighted by molar-refractivity contribution is 0.0238. The van der Waals surface area contributed by atoms with Crippen LogP contribution in [0.1, 0.15) is 23.2 Å². The number of hydrogen-bond donors (Lipinski definition) is 1. The second-order valence-electron chi connectivity index (χ2n) is 5.48. The molecule has 2 aromatic rings. The number of carbonyl (C=O) groups excluding carboxylic acids is 1. The first-order chi connectivity index (χ1) is 12.2. The molecule has 0 unspecified atom stereocenters. The Morgan fingerprint density at radius 2 is 2.08 bits per heavy atom. The molecule has 0 radical (unpaired) electrons. The summed E-state index contributed by atoms with van der Waals surface area (Å²) >= 11 is 6.21. The number of ether oxygens (including phenoxy) is 3. The van der Waals surface area contributed by atoms with Gasteiger partial charge in [0.25, 0.3) is 5.91 Å². The van der Waals surface area contributed by atoms with E-state index < -0.39 is 0 Å². The lowest BCUT2D eigenvalue weighted by Crippen LogP contribution is -2.26. The third-order valence-corrected chi connectivity index (χ3v) is 3.99. The number of anilines is 1. The van der Waals surface area contributed by atoms with Gasteiger partial charge in [-0.05, 0) is 12.1 Å². The minimum Gasteiger partial charge on any atom is -0.481 e.